The van der Waals surface area contributed by atoms with Crippen molar-refractivity contribution in [3.63, 3.8) is 0 Å². The van der Waals surface area contributed by atoms with E-state index in [1.165, 1.54) is 0 Å². The van der Waals surface area contributed by atoms with Gasteiger partial charge in [-0.05, 0) is 17.0 Å². The average Bonchev–Trinajstić information content (AvgIpc) is 2.80. The Morgan fingerprint density at radius 1 is 1.09 bits per heavy atom. The van der Waals surface area contributed by atoms with Crippen LogP contribution in [0.1, 0.15) is 16.8 Å². The molecule has 114 valence electrons. The van der Waals surface area contributed by atoms with Gasteiger partial charge in [-0.25, -0.2) is 0 Å². The predicted molar refractivity (Wildman–Crippen MR) is 78.2 cm³/mol. The fourth-order valence-electron chi connectivity index (χ4n) is 2.40. The highest BCUT2D eigenvalue weighted by atomic mass is 35.5. The maximum Gasteiger partial charge on any atom is 0.433 e. The van der Waals surface area contributed by atoms with Crippen molar-refractivity contribution in [3.8, 4) is 0 Å². The second-order valence-electron chi connectivity index (χ2n) is 4.90. The fraction of sp³-hybridized carbons (Fsp3) is 0.133. The number of aromatic amines is 2. The van der Waals surface area contributed by atoms with Crippen molar-refractivity contribution in [2.24, 2.45) is 0 Å². The smallest absolute Gasteiger partial charge is 0.293 e. The van der Waals surface area contributed by atoms with Crippen LogP contribution < -0.4 is 5.56 Å². The van der Waals surface area contributed by atoms with Gasteiger partial charge in [0.25, 0.3) is 5.56 Å². The van der Waals surface area contributed by atoms with Crippen LogP contribution in [0.5, 0.6) is 0 Å². The molecule has 2 aromatic carbocycles. The molecule has 7 heteroatoms. The predicted octanol–water partition coefficient (Wildman–Crippen LogP) is 4.12. The lowest BCUT2D eigenvalue weighted by atomic mass is 10.0. The first-order valence-electron chi connectivity index (χ1n) is 6.40. The summed E-state index contributed by atoms with van der Waals surface area (Å²) in [5.41, 5.74) is -1.53. The monoisotopic (exact) mass is 326 g/mol. The van der Waals surface area contributed by atoms with Gasteiger partial charge in [0.1, 0.15) is 5.69 Å². The van der Waals surface area contributed by atoms with Gasteiger partial charge in [0.15, 0.2) is 0 Å². The first-order chi connectivity index (χ1) is 10.4. The molecule has 0 aliphatic rings. The Kier molecular flexibility index (Phi) is 3.48. The third kappa shape index (κ3) is 2.62. The van der Waals surface area contributed by atoms with Gasteiger partial charge >= 0.3 is 6.18 Å². The van der Waals surface area contributed by atoms with Crippen molar-refractivity contribution in [2.45, 2.75) is 12.6 Å². The van der Waals surface area contributed by atoms with E-state index < -0.39 is 17.4 Å². The van der Waals surface area contributed by atoms with E-state index in [1.54, 1.807) is 30.3 Å². The SMILES string of the molecule is O=c1[nH][nH]c(C(F)(F)F)c1Cc1ccc2c(Cl)cccc2c1. The largest absolute Gasteiger partial charge is 0.433 e. The number of rotatable bonds is 2. The second kappa shape index (κ2) is 5.21. The van der Waals surface area contributed by atoms with Gasteiger partial charge in [0.2, 0.25) is 0 Å². The third-order valence-electron chi connectivity index (χ3n) is 3.43. The summed E-state index contributed by atoms with van der Waals surface area (Å²) in [4.78, 5) is 11.6. The van der Waals surface area contributed by atoms with Gasteiger partial charge in [-0.2, -0.15) is 13.2 Å². The molecule has 0 amide bonds. The molecule has 1 heterocycles. The van der Waals surface area contributed by atoms with E-state index in [4.69, 9.17) is 11.6 Å². The van der Waals surface area contributed by atoms with Crippen LogP contribution in [0.25, 0.3) is 10.8 Å². The zero-order valence-electron chi connectivity index (χ0n) is 11.1. The van der Waals surface area contributed by atoms with E-state index in [0.29, 0.717) is 10.6 Å². The molecule has 0 aliphatic heterocycles. The summed E-state index contributed by atoms with van der Waals surface area (Å²) >= 11 is 6.05. The van der Waals surface area contributed by atoms with E-state index in [1.807, 2.05) is 16.3 Å². The third-order valence-corrected chi connectivity index (χ3v) is 3.76. The number of fused-ring (bicyclic) bond motifs is 1. The van der Waals surface area contributed by atoms with E-state index >= 15 is 0 Å². The summed E-state index contributed by atoms with van der Waals surface area (Å²) in [6.07, 6.45) is -4.72. The summed E-state index contributed by atoms with van der Waals surface area (Å²) in [6, 6.07) is 10.5. The summed E-state index contributed by atoms with van der Waals surface area (Å²) in [6.45, 7) is 0. The van der Waals surface area contributed by atoms with Crippen LogP contribution in [0, 0.1) is 0 Å². The highest BCUT2D eigenvalue weighted by Gasteiger charge is 2.36. The van der Waals surface area contributed by atoms with Crippen LogP contribution in [0.2, 0.25) is 5.02 Å². The number of alkyl halides is 3. The van der Waals surface area contributed by atoms with Gasteiger partial charge in [-0.15, -0.1) is 0 Å². The van der Waals surface area contributed by atoms with Crippen LogP contribution in [-0.4, -0.2) is 10.2 Å². The summed E-state index contributed by atoms with van der Waals surface area (Å²) in [5.74, 6) is 0. The van der Waals surface area contributed by atoms with E-state index in [0.717, 1.165) is 10.8 Å². The minimum atomic E-state index is -4.60. The second-order valence-corrected chi connectivity index (χ2v) is 5.31. The molecule has 0 atom stereocenters. The molecule has 0 unspecified atom stereocenters. The molecular formula is C15H10ClF3N2O. The average molecular weight is 327 g/mol. The quantitative estimate of drug-likeness (QED) is 0.731. The molecule has 0 saturated heterocycles. The molecule has 22 heavy (non-hydrogen) atoms. The number of H-pyrrole nitrogens is 2. The van der Waals surface area contributed by atoms with Gasteiger partial charge < -0.3 is 0 Å². The maximum absolute atomic E-state index is 12.9. The first-order valence-corrected chi connectivity index (χ1v) is 6.78. The Hall–Kier alpha value is -2.21. The lowest BCUT2D eigenvalue weighted by Gasteiger charge is -2.07. The topological polar surface area (TPSA) is 48.6 Å². The molecule has 3 rings (SSSR count). The van der Waals surface area contributed by atoms with Crippen LogP contribution in [0.3, 0.4) is 0 Å². The van der Waals surface area contributed by atoms with Gasteiger partial charge in [0.05, 0.1) is 5.56 Å². The molecule has 0 radical (unpaired) electrons. The lowest BCUT2D eigenvalue weighted by molar-refractivity contribution is -0.141. The summed E-state index contributed by atoms with van der Waals surface area (Å²) < 4.78 is 38.6. The number of aromatic nitrogens is 2. The number of hydrogen-bond donors (Lipinski definition) is 2. The highest BCUT2D eigenvalue weighted by molar-refractivity contribution is 6.35. The molecule has 1 aromatic heterocycles. The molecule has 0 aliphatic carbocycles. The van der Waals surface area contributed by atoms with Crippen LogP contribution in [0.15, 0.2) is 41.2 Å². The Morgan fingerprint density at radius 3 is 2.59 bits per heavy atom. The molecule has 0 spiro atoms. The Morgan fingerprint density at radius 2 is 1.86 bits per heavy atom. The van der Waals surface area contributed by atoms with Crippen molar-refractivity contribution in [1.82, 2.24) is 10.2 Å². The number of hydrogen-bond acceptors (Lipinski definition) is 1. The van der Waals surface area contributed by atoms with E-state index in [-0.39, 0.29) is 12.0 Å². The molecule has 0 saturated carbocycles. The Labute approximate surface area is 127 Å². The standard InChI is InChI=1S/C15H10ClF3N2O/c16-12-3-1-2-9-6-8(4-5-10(9)12)7-11-13(15(17,18)19)20-21-14(11)22/h1-6H,7H2,(H2,20,21,22). The maximum atomic E-state index is 12.9. The van der Waals surface area contributed by atoms with Crippen LogP contribution in [0.4, 0.5) is 13.2 Å². The van der Waals surface area contributed by atoms with Crippen molar-refractivity contribution >= 4 is 22.4 Å². The molecule has 0 fully saturated rings. The Bertz CT molecular complexity index is 896. The number of benzene rings is 2. The summed E-state index contributed by atoms with van der Waals surface area (Å²) in [5, 5.41) is 6.08. The molecule has 0 bridgehead atoms. The van der Waals surface area contributed by atoms with Gasteiger partial charge in [-0.3, -0.25) is 15.0 Å². The molecule has 3 nitrogen and oxygen atoms in total. The van der Waals surface area contributed by atoms with Gasteiger partial charge in [0, 0.05) is 16.8 Å². The van der Waals surface area contributed by atoms with Crippen molar-refractivity contribution in [1.29, 1.82) is 0 Å². The normalized spacial score (nSPS) is 12.0. The van der Waals surface area contributed by atoms with Crippen molar-refractivity contribution < 1.29 is 13.2 Å². The number of halogens is 4. The molecule has 2 N–H and O–H groups in total. The lowest BCUT2D eigenvalue weighted by Crippen LogP contribution is -2.13. The van der Waals surface area contributed by atoms with Crippen molar-refractivity contribution in [3.05, 3.63) is 68.6 Å². The van der Waals surface area contributed by atoms with Crippen molar-refractivity contribution in [2.75, 3.05) is 0 Å². The van der Waals surface area contributed by atoms with Gasteiger partial charge in [-0.1, -0.05) is 41.9 Å². The van der Waals surface area contributed by atoms with E-state index in [2.05, 4.69) is 0 Å². The Balaban J connectivity index is 2.04. The first kappa shape index (κ1) is 14.7. The van der Waals surface area contributed by atoms with E-state index in [9.17, 15) is 18.0 Å². The zero-order chi connectivity index (χ0) is 15.9. The fourth-order valence-corrected chi connectivity index (χ4v) is 2.65. The summed E-state index contributed by atoms with van der Waals surface area (Å²) in [7, 11) is 0. The molecule has 3 aromatic rings. The highest BCUT2D eigenvalue weighted by Crippen LogP contribution is 2.30. The zero-order valence-corrected chi connectivity index (χ0v) is 11.8. The van der Waals surface area contributed by atoms with Crippen LogP contribution in [-0.2, 0) is 12.6 Å². The molecular weight excluding hydrogens is 317 g/mol. The minimum absolute atomic E-state index is 0.115. The number of nitrogens with one attached hydrogen (secondary N) is 2. The minimum Gasteiger partial charge on any atom is -0.293 e. The van der Waals surface area contributed by atoms with Crippen LogP contribution >= 0.6 is 11.6 Å².